The van der Waals surface area contributed by atoms with Crippen molar-refractivity contribution < 1.29 is 13.5 Å². The molecule has 0 radical (unpaired) electrons. The molecule has 0 aliphatic rings. The zero-order valence-electron chi connectivity index (χ0n) is 10.2. The van der Waals surface area contributed by atoms with E-state index in [2.05, 4.69) is 15.0 Å². The van der Waals surface area contributed by atoms with E-state index < -0.39 is 6.61 Å². The summed E-state index contributed by atoms with van der Waals surface area (Å²) in [6, 6.07) is 10.4. The van der Waals surface area contributed by atoms with Gasteiger partial charge >= 0.3 is 6.61 Å². The maximum atomic E-state index is 12.0. The Kier molecular flexibility index (Phi) is 4.66. The molecule has 19 heavy (non-hydrogen) atoms. The third kappa shape index (κ3) is 4.54. The highest BCUT2D eigenvalue weighted by Crippen LogP contribution is 2.17. The number of hydrogen-bond acceptors (Lipinski definition) is 3. The molecular weight excluding hydrogens is 250 g/mol. The van der Waals surface area contributed by atoms with Gasteiger partial charge in [0.1, 0.15) is 5.75 Å². The highest BCUT2D eigenvalue weighted by atomic mass is 19.3. The van der Waals surface area contributed by atoms with Gasteiger partial charge in [0.25, 0.3) is 0 Å². The SMILES string of the molecule is FC(F)Oc1ccc(NCCc2ccncc2)cc1. The Morgan fingerprint density at radius 1 is 1.05 bits per heavy atom. The number of aromatic nitrogens is 1. The van der Waals surface area contributed by atoms with Crippen LogP contribution in [-0.2, 0) is 6.42 Å². The Balaban J connectivity index is 1.80. The normalized spacial score (nSPS) is 10.5. The highest BCUT2D eigenvalue weighted by Gasteiger charge is 2.03. The summed E-state index contributed by atoms with van der Waals surface area (Å²) < 4.78 is 28.2. The Labute approximate surface area is 110 Å². The van der Waals surface area contributed by atoms with Crippen molar-refractivity contribution in [2.45, 2.75) is 13.0 Å². The van der Waals surface area contributed by atoms with E-state index in [1.165, 1.54) is 17.7 Å². The van der Waals surface area contributed by atoms with Gasteiger partial charge in [-0.15, -0.1) is 0 Å². The fourth-order valence-corrected chi connectivity index (χ4v) is 1.65. The van der Waals surface area contributed by atoms with Gasteiger partial charge in [0.15, 0.2) is 0 Å². The maximum Gasteiger partial charge on any atom is 0.387 e. The van der Waals surface area contributed by atoms with Gasteiger partial charge < -0.3 is 10.1 Å². The van der Waals surface area contributed by atoms with Crippen LogP contribution < -0.4 is 10.1 Å². The molecule has 1 aromatic heterocycles. The summed E-state index contributed by atoms with van der Waals surface area (Å²) in [6.07, 6.45) is 4.38. The predicted octanol–water partition coefficient (Wildman–Crippen LogP) is 3.34. The quantitative estimate of drug-likeness (QED) is 0.869. The topological polar surface area (TPSA) is 34.1 Å². The van der Waals surface area contributed by atoms with Crippen molar-refractivity contribution in [2.75, 3.05) is 11.9 Å². The van der Waals surface area contributed by atoms with Crippen LogP contribution in [0.25, 0.3) is 0 Å². The first-order valence-corrected chi connectivity index (χ1v) is 5.92. The number of halogens is 2. The van der Waals surface area contributed by atoms with Crippen LogP contribution in [0, 0.1) is 0 Å². The molecule has 0 saturated heterocycles. The van der Waals surface area contributed by atoms with Crippen LogP contribution in [0.2, 0.25) is 0 Å². The first-order valence-electron chi connectivity index (χ1n) is 5.92. The van der Waals surface area contributed by atoms with Crippen molar-refractivity contribution in [3.05, 3.63) is 54.4 Å². The lowest BCUT2D eigenvalue weighted by Gasteiger charge is -2.08. The number of hydrogen-bond donors (Lipinski definition) is 1. The lowest BCUT2D eigenvalue weighted by atomic mass is 10.2. The van der Waals surface area contributed by atoms with Crippen LogP contribution in [0.5, 0.6) is 5.75 Å². The number of pyridine rings is 1. The number of anilines is 1. The number of alkyl halides is 2. The molecule has 2 aromatic rings. The molecule has 0 saturated carbocycles. The van der Waals surface area contributed by atoms with E-state index in [4.69, 9.17) is 0 Å². The fraction of sp³-hybridized carbons (Fsp3) is 0.214. The van der Waals surface area contributed by atoms with Gasteiger partial charge in [-0.05, 0) is 48.4 Å². The molecule has 1 aromatic carbocycles. The van der Waals surface area contributed by atoms with E-state index in [-0.39, 0.29) is 5.75 Å². The second-order valence-corrected chi connectivity index (χ2v) is 3.94. The molecule has 2 rings (SSSR count). The monoisotopic (exact) mass is 264 g/mol. The minimum Gasteiger partial charge on any atom is -0.435 e. The Morgan fingerprint density at radius 2 is 1.74 bits per heavy atom. The van der Waals surface area contributed by atoms with Crippen molar-refractivity contribution in [1.29, 1.82) is 0 Å². The molecule has 3 nitrogen and oxygen atoms in total. The number of nitrogens with zero attached hydrogens (tertiary/aromatic N) is 1. The summed E-state index contributed by atoms with van der Waals surface area (Å²) in [5.41, 5.74) is 2.07. The summed E-state index contributed by atoms with van der Waals surface area (Å²) in [5, 5.41) is 3.21. The van der Waals surface area contributed by atoms with Crippen LogP contribution >= 0.6 is 0 Å². The molecule has 0 unspecified atom stereocenters. The third-order valence-electron chi connectivity index (χ3n) is 2.57. The molecule has 0 atom stereocenters. The zero-order valence-corrected chi connectivity index (χ0v) is 10.2. The van der Waals surface area contributed by atoms with Crippen LogP contribution in [0.1, 0.15) is 5.56 Å². The summed E-state index contributed by atoms with van der Waals surface area (Å²) in [6.45, 7) is -2.02. The molecular formula is C14H14F2N2O. The molecule has 0 amide bonds. The summed E-state index contributed by atoms with van der Waals surface area (Å²) >= 11 is 0. The number of rotatable bonds is 6. The predicted molar refractivity (Wildman–Crippen MR) is 69.5 cm³/mol. The Hall–Kier alpha value is -2.17. The van der Waals surface area contributed by atoms with Gasteiger partial charge in [-0.3, -0.25) is 4.98 Å². The zero-order chi connectivity index (χ0) is 13.5. The molecule has 100 valence electrons. The second-order valence-electron chi connectivity index (χ2n) is 3.94. The largest absolute Gasteiger partial charge is 0.435 e. The van der Waals surface area contributed by atoms with Crippen molar-refractivity contribution >= 4 is 5.69 Å². The Morgan fingerprint density at radius 3 is 2.37 bits per heavy atom. The van der Waals surface area contributed by atoms with Gasteiger partial charge in [-0.1, -0.05) is 0 Å². The molecule has 1 N–H and O–H groups in total. The standard InChI is InChI=1S/C14H14F2N2O/c15-14(16)19-13-3-1-12(2-4-13)18-10-7-11-5-8-17-9-6-11/h1-6,8-9,14,18H,7,10H2. The highest BCUT2D eigenvalue weighted by molar-refractivity contribution is 5.46. The van der Waals surface area contributed by atoms with Gasteiger partial charge in [0.05, 0.1) is 0 Å². The average Bonchev–Trinajstić information content (AvgIpc) is 2.41. The van der Waals surface area contributed by atoms with Crippen molar-refractivity contribution in [2.24, 2.45) is 0 Å². The Bertz CT molecular complexity index is 489. The molecule has 0 spiro atoms. The van der Waals surface area contributed by atoms with Gasteiger partial charge in [-0.25, -0.2) is 0 Å². The van der Waals surface area contributed by atoms with Gasteiger partial charge in [-0.2, -0.15) is 8.78 Å². The summed E-state index contributed by atoms with van der Waals surface area (Å²) in [5.74, 6) is 0.162. The number of benzene rings is 1. The van der Waals surface area contributed by atoms with Crippen LogP contribution in [0.15, 0.2) is 48.8 Å². The second kappa shape index (κ2) is 6.68. The van der Waals surface area contributed by atoms with Crippen LogP contribution in [-0.4, -0.2) is 18.1 Å². The van der Waals surface area contributed by atoms with E-state index in [1.807, 2.05) is 12.1 Å². The first-order chi connectivity index (χ1) is 9.24. The number of nitrogens with one attached hydrogen (secondary N) is 1. The minimum atomic E-state index is -2.79. The lowest BCUT2D eigenvalue weighted by molar-refractivity contribution is -0.0498. The van der Waals surface area contributed by atoms with E-state index in [9.17, 15) is 8.78 Å². The van der Waals surface area contributed by atoms with E-state index >= 15 is 0 Å². The lowest BCUT2D eigenvalue weighted by Crippen LogP contribution is -2.05. The van der Waals surface area contributed by atoms with Crippen LogP contribution in [0.4, 0.5) is 14.5 Å². The van der Waals surface area contributed by atoms with Gasteiger partial charge in [0.2, 0.25) is 0 Å². The smallest absolute Gasteiger partial charge is 0.387 e. The molecule has 0 bridgehead atoms. The van der Waals surface area contributed by atoms with Crippen molar-refractivity contribution in [1.82, 2.24) is 4.98 Å². The maximum absolute atomic E-state index is 12.0. The molecule has 0 aliphatic heterocycles. The molecule has 0 aliphatic carbocycles. The minimum absolute atomic E-state index is 0.162. The van der Waals surface area contributed by atoms with E-state index in [1.54, 1.807) is 24.5 Å². The van der Waals surface area contributed by atoms with E-state index in [0.29, 0.717) is 0 Å². The summed E-state index contributed by atoms with van der Waals surface area (Å²) in [7, 11) is 0. The fourth-order valence-electron chi connectivity index (χ4n) is 1.65. The average molecular weight is 264 g/mol. The van der Waals surface area contributed by atoms with Crippen LogP contribution in [0.3, 0.4) is 0 Å². The van der Waals surface area contributed by atoms with Crippen molar-refractivity contribution in [3.8, 4) is 5.75 Å². The molecule has 0 fully saturated rings. The number of ether oxygens (including phenoxy) is 1. The summed E-state index contributed by atoms with van der Waals surface area (Å²) in [4.78, 5) is 3.95. The van der Waals surface area contributed by atoms with E-state index in [0.717, 1.165) is 18.7 Å². The first kappa shape index (κ1) is 13.3. The third-order valence-corrected chi connectivity index (χ3v) is 2.57. The van der Waals surface area contributed by atoms with Crippen molar-refractivity contribution in [3.63, 3.8) is 0 Å². The molecule has 1 heterocycles. The van der Waals surface area contributed by atoms with Gasteiger partial charge in [0, 0.05) is 24.6 Å². The molecule has 5 heteroatoms.